The molecule has 10 aromatic carbocycles. The van der Waals surface area contributed by atoms with E-state index in [-0.39, 0.29) is 0 Å². The predicted octanol–water partition coefficient (Wildman–Crippen LogP) is 14.5. The quantitative estimate of drug-likeness (QED) is 0.171. The van der Waals surface area contributed by atoms with Gasteiger partial charge in [-0.2, -0.15) is 0 Å². The van der Waals surface area contributed by atoms with Gasteiger partial charge in [0, 0.05) is 16.7 Å². The highest BCUT2D eigenvalue weighted by Crippen LogP contribution is 2.38. The molecule has 0 atom stereocenters. The first-order valence-corrected chi connectivity index (χ1v) is 19.7. The zero-order chi connectivity index (χ0) is 38.4. The number of aromatic nitrogens is 3. The SMILES string of the molecule is c1ccc(-c2cc(-c3nc(-c4ccc5cc(-c6cccc7ccccc67)ccc5c4)nc(-c4cccc5ccc(-c6ccccc6)cc45)n3)c3ccccc3c2)cc1. The van der Waals surface area contributed by atoms with Crippen molar-refractivity contribution in [1.29, 1.82) is 0 Å². The molecule has 3 nitrogen and oxygen atoms in total. The Morgan fingerprint density at radius 1 is 0.207 bits per heavy atom. The number of rotatable bonds is 6. The molecule has 11 aromatic rings. The van der Waals surface area contributed by atoms with Gasteiger partial charge in [-0.3, -0.25) is 0 Å². The third-order valence-electron chi connectivity index (χ3n) is 11.3. The fourth-order valence-corrected chi connectivity index (χ4v) is 8.35. The van der Waals surface area contributed by atoms with Gasteiger partial charge in [0.25, 0.3) is 0 Å². The first-order chi connectivity index (χ1) is 28.7. The molecule has 0 fully saturated rings. The van der Waals surface area contributed by atoms with Crippen LogP contribution >= 0.6 is 0 Å². The Hall–Kier alpha value is -7.75. The summed E-state index contributed by atoms with van der Waals surface area (Å²) in [6, 6.07) is 75.4. The molecule has 0 amide bonds. The molecule has 0 spiro atoms. The van der Waals surface area contributed by atoms with Gasteiger partial charge in [0.15, 0.2) is 17.5 Å². The molecular formula is C55H35N3. The van der Waals surface area contributed by atoms with Crippen molar-refractivity contribution in [2.75, 3.05) is 0 Å². The lowest BCUT2D eigenvalue weighted by Gasteiger charge is -2.14. The van der Waals surface area contributed by atoms with Crippen LogP contribution in [0.3, 0.4) is 0 Å². The fraction of sp³-hybridized carbons (Fsp3) is 0. The van der Waals surface area contributed by atoms with Gasteiger partial charge in [-0.25, -0.2) is 15.0 Å². The largest absolute Gasteiger partial charge is 0.208 e. The molecule has 0 aliphatic carbocycles. The molecule has 58 heavy (non-hydrogen) atoms. The minimum atomic E-state index is 0.630. The molecule has 270 valence electrons. The molecule has 0 bridgehead atoms. The molecule has 1 heterocycles. The second-order valence-corrected chi connectivity index (χ2v) is 14.8. The fourth-order valence-electron chi connectivity index (χ4n) is 8.35. The molecule has 0 aliphatic heterocycles. The van der Waals surface area contributed by atoms with Crippen LogP contribution in [0.1, 0.15) is 0 Å². The normalized spacial score (nSPS) is 11.4. The van der Waals surface area contributed by atoms with Crippen LogP contribution in [0.2, 0.25) is 0 Å². The van der Waals surface area contributed by atoms with Gasteiger partial charge in [-0.05, 0) is 107 Å². The van der Waals surface area contributed by atoms with Crippen molar-refractivity contribution >= 4 is 43.1 Å². The summed E-state index contributed by atoms with van der Waals surface area (Å²) in [6.45, 7) is 0. The lowest BCUT2D eigenvalue weighted by Crippen LogP contribution is -2.01. The van der Waals surface area contributed by atoms with Crippen LogP contribution in [0, 0.1) is 0 Å². The van der Waals surface area contributed by atoms with Crippen molar-refractivity contribution in [2.24, 2.45) is 0 Å². The Kier molecular flexibility index (Phi) is 8.15. The van der Waals surface area contributed by atoms with E-state index >= 15 is 0 Å². The van der Waals surface area contributed by atoms with Crippen LogP contribution in [0.15, 0.2) is 212 Å². The van der Waals surface area contributed by atoms with Gasteiger partial charge in [-0.15, -0.1) is 0 Å². The summed E-state index contributed by atoms with van der Waals surface area (Å²) in [4.78, 5) is 16.0. The average Bonchev–Trinajstić information content (AvgIpc) is 3.30. The predicted molar refractivity (Wildman–Crippen MR) is 242 cm³/mol. The maximum Gasteiger partial charge on any atom is 0.164 e. The number of hydrogen-bond acceptors (Lipinski definition) is 3. The summed E-state index contributed by atoms with van der Waals surface area (Å²) in [5.41, 5.74) is 9.85. The third kappa shape index (κ3) is 6.07. The molecule has 3 heteroatoms. The monoisotopic (exact) mass is 737 g/mol. The molecule has 0 aliphatic rings. The van der Waals surface area contributed by atoms with E-state index in [0.29, 0.717) is 17.5 Å². The minimum absolute atomic E-state index is 0.630. The van der Waals surface area contributed by atoms with Crippen molar-refractivity contribution in [2.45, 2.75) is 0 Å². The van der Waals surface area contributed by atoms with Gasteiger partial charge < -0.3 is 0 Å². The summed E-state index contributed by atoms with van der Waals surface area (Å²) in [5.74, 6) is 1.90. The van der Waals surface area contributed by atoms with Gasteiger partial charge in [0.2, 0.25) is 0 Å². The molecule has 0 N–H and O–H groups in total. The molecule has 0 saturated heterocycles. The Balaban J connectivity index is 1.11. The van der Waals surface area contributed by atoms with Crippen LogP contribution in [0.5, 0.6) is 0 Å². The average molecular weight is 738 g/mol. The van der Waals surface area contributed by atoms with E-state index in [1.807, 2.05) is 0 Å². The van der Waals surface area contributed by atoms with Crippen molar-refractivity contribution in [3.05, 3.63) is 212 Å². The first-order valence-electron chi connectivity index (χ1n) is 19.7. The van der Waals surface area contributed by atoms with Gasteiger partial charge in [-0.1, -0.05) is 182 Å². The molecule has 0 radical (unpaired) electrons. The maximum absolute atomic E-state index is 5.35. The highest BCUT2D eigenvalue weighted by Gasteiger charge is 2.18. The second kappa shape index (κ2) is 14.1. The lowest BCUT2D eigenvalue weighted by atomic mass is 9.95. The summed E-state index contributed by atoms with van der Waals surface area (Å²) < 4.78 is 0. The van der Waals surface area contributed by atoms with E-state index < -0.39 is 0 Å². The number of benzene rings is 10. The third-order valence-corrected chi connectivity index (χ3v) is 11.3. The van der Waals surface area contributed by atoms with Crippen molar-refractivity contribution in [1.82, 2.24) is 15.0 Å². The Labute approximate surface area is 336 Å². The van der Waals surface area contributed by atoms with Crippen molar-refractivity contribution < 1.29 is 0 Å². The van der Waals surface area contributed by atoms with E-state index in [1.54, 1.807) is 0 Å². The van der Waals surface area contributed by atoms with Gasteiger partial charge >= 0.3 is 0 Å². The molecule has 11 rings (SSSR count). The zero-order valence-electron chi connectivity index (χ0n) is 31.5. The summed E-state index contributed by atoms with van der Waals surface area (Å²) in [7, 11) is 0. The van der Waals surface area contributed by atoms with E-state index in [9.17, 15) is 0 Å². The van der Waals surface area contributed by atoms with Crippen molar-refractivity contribution in [3.63, 3.8) is 0 Å². The van der Waals surface area contributed by atoms with Crippen LogP contribution in [-0.2, 0) is 0 Å². The summed E-state index contributed by atoms with van der Waals surface area (Å²) in [6.07, 6.45) is 0. The highest BCUT2D eigenvalue weighted by molar-refractivity contribution is 6.02. The number of nitrogens with zero attached hydrogens (tertiary/aromatic N) is 3. The van der Waals surface area contributed by atoms with E-state index in [2.05, 4.69) is 212 Å². The molecular weight excluding hydrogens is 703 g/mol. The maximum atomic E-state index is 5.35. The molecule has 0 unspecified atom stereocenters. The minimum Gasteiger partial charge on any atom is -0.208 e. The highest BCUT2D eigenvalue weighted by atomic mass is 15.0. The van der Waals surface area contributed by atoms with E-state index in [0.717, 1.165) is 65.7 Å². The molecule has 0 saturated carbocycles. The van der Waals surface area contributed by atoms with Crippen LogP contribution < -0.4 is 0 Å². The summed E-state index contributed by atoms with van der Waals surface area (Å²) >= 11 is 0. The smallest absolute Gasteiger partial charge is 0.164 e. The Bertz CT molecular complexity index is 3330. The first kappa shape index (κ1) is 33.6. The van der Waals surface area contributed by atoms with Crippen molar-refractivity contribution in [3.8, 4) is 67.5 Å². The topological polar surface area (TPSA) is 38.7 Å². The van der Waals surface area contributed by atoms with Gasteiger partial charge in [0.05, 0.1) is 0 Å². The van der Waals surface area contributed by atoms with Gasteiger partial charge in [0.1, 0.15) is 0 Å². The zero-order valence-corrected chi connectivity index (χ0v) is 31.5. The van der Waals surface area contributed by atoms with Crippen LogP contribution in [-0.4, -0.2) is 15.0 Å². The van der Waals surface area contributed by atoms with Crippen LogP contribution in [0.25, 0.3) is 111 Å². The Morgan fingerprint density at radius 3 is 1.43 bits per heavy atom. The Morgan fingerprint density at radius 2 is 0.690 bits per heavy atom. The lowest BCUT2D eigenvalue weighted by molar-refractivity contribution is 1.08. The van der Waals surface area contributed by atoms with E-state index in [1.165, 1.54) is 27.5 Å². The second-order valence-electron chi connectivity index (χ2n) is 14.8. The van der Waals surface area contributed by atoms with Crippen LogP contribution in [0.4, 0.5) is 0 Å². The molecule has 1 aromatic heterocycles. The number of fused-ring (bicyclic) bond motifs is 4. The van der Waals surface area contributed by atoms with E-state index in [4.69, 9.17) is 15.0 Å². The summed E-state index contributed by atoms with van der Waals surface area (Å²) in [5, 5.41) is 9.22. The number of hydrogen-bond donors (Lipinski definition) is 0. The standard InChI is InChI=1S/C55H35N3/c1-3-13-36(14-4-1)42-26-25-39-20-12-24-50(51(39)34-42)54-56-53(57-55(58-54)52-35-46(37-15-5-2-6-16-37)33-43-18-8-10-22-49(43)52)45-30-28-40-31-44(29-27-41(40)32-45)48-23-11-19-38-17-7-9-21-47(38)48/h1-35H.